The summed E-state index contributed by atoms with van der Waals surface area (Å²) in [6.07, 6.45) is 4.41. The fraction of sp³-hybridized carbons (Fsp3) is 1.00. The lowest BCUT2D eigenvalue weighted by Crippen LogP contribution is -2.36. The normalized spacial score (nSPS) is 30.4. The minimum Gasteiger partial charge on any atom is -0.392 e. The lowest BCUT2D eigenvalue weighted by atomic mass is 10.2. The van der Waals surface area contributed by atoms with Gasteiger partial charge in [0.05, 0.1) is 18.8 Å². The van der Waals surface area contributed by atoms with Gasteiger partial charge in [0.25, 0.3) is 0 Å². The van der Waals surface area contributed by atoms with E-state index in [1.807, 2.05) is 7.05 Å². The van der Waals surface area contributed by atoms with Crippen LogP contribution in [-0.4, -0.2) is 54.7 Å². The van der Waals surface area contributed by atoms with Gasteiger partial charge in [0.1, 0.15) is 0 Å². The van der Waals surface area contributed by atoms with Crippen molar-refractivity contribution in [3.8, 4) is 0 Å². The van der Waals surface area contributed by atoms with Gasteiger partial charge in [-0.1, -0.05) is 0 Å². The van der Waals surface area contributed by atoms with Crippen molar-refractivity contribution in [2.45, 2.75) is 50.6 Å². The maximum Gasteiger partial charge on any atom is 0.168 e. The summed E-state index contributed by atoms with van der Waals surface area (Å²) in [5.74, 6) is -0.254. The highest BCUT2D eigenvalue weighted by molar-refractivity contribution is 4.84. The predicted octanol–water partition coefficient (Wildman–Crippen LogP) is 0.985. The van der Waals surface area contributed by atoms with E-state index in [-0.39, 0.29) is 18.0 Å². The van der Waals surface area contributed by atoms with Crippen LogP contribution in [0.4, 0.5) is 0 Å². The van der Waals surface area contributed by atoms with Crippen LogP contribution in [0.5, 0.6) is 0 Å². The quantitative estimate of drug-likeness (QED) is 0.780. The Morgan fingerprint density at radius 1 is 1.44 bits per heavy atom. The second-order valence-corrected chi connectivity index (χ2v) is 5.24. The van der Waals surface area contributed by atoms with Gasteiger partial charge in [-0.05, 0) is 26.8 Å². The molecule has 2 atom stereocenters. The fourth-order valence-electron chi connectivity index (χ4n) is 2.76. The van der Waals surface area contributed by atoms with Crippen molar-refractivity contribution in [3.05, 3.63) is 0 Å². The Morgan fingerprint density at radius 2 is 2.12 bits per heavy atom. The van der Waals surface area contributed by atoms with Crippen molar-refractivity contribution < 1.29 is 14.6 Å². The Bertz CT molecular complexity index is 226. The smallest absolute Gasteiger partial charge is 0.168 e. The number of hydrogen-bond donors (Lipinski definition) is 1. The highest BCUT2D eigenvalue weighted by atomic mass is 16.7. The largest absolute Gasteiger partial charge is 0.392 e. The first kappa shape index (κ1) is 12.3. The van der Waals surface area contributed by atoms with E-state index in [0.717, 1.165) is 19.4 Å². The van der Waals surface area contributed by atoms with Crippen LogP contribution in [0.3, 0.4) is 0 Å². The molecule has 0 aromatic carbocycles. The van der Waals surface area contributed by atoms with Crippen molar-refractivity contribution in [1.29, 1.82) is 0 Å². The number of ether oxygens (including phenoxy) is 2. The van der Waals surface area contributed by atoms with Gasteiger partial charge in [-0.3, -0.25) is 0 Å². The molecule has 1 saturated carbocycles. The zero-order valence-electron chi connectivity index (χ0n) is 10.3. The first-order valence-electron chi connectivity index (χ1n) is 6.28. The maximum absolute atomic E-state index is 9.29. The number of nitrogens with zero attached hydrogens (tertiary/aromatic N) is 1. The van der Waals surface area contributed by atoms with E-state index < -0.39 is 0 Å². The third-order valence-corrected chi connectivity index (χ3v) is 3.37. The molecule has 0 bridgehead atoms. The van der Waals surface area contributed by atoms with Crippen LogP contribution in [0.2, 0.25) is 0 Å². The molecule has 94 valence electrons. The van der Waals surface area contributed by atoms with Crippen LogP contribution < -0.4 is 0 Å². The van der Waals surface area contributed by atoms with Gasteiger partial charge in [0, 0.05) is 25.9 Å². The fourth-order valence-corrected chi connectivity index (χ4v) is 2.76. The Hall–Kier alpha value is -0.160. The van der Waals surface area contributed by atoms with Gasteiger partial charge in [-0.2, -0.15) is 0 Å². The van der Waals surface area contributed by atoms with Crippen molar-refractivity contribution in [3.63, 3.8) is 0 Å². The Morgan fingerprint density at radius 3 is 2.75 bits per heavy atom. The van der Waals surface area contributed by atoms with Crippen molar-refractivity contribution in [2.75, 3.05) is 26.7 Å². The molecule has 0 aromatic rings. The van der Waals surface area contributed by atoms with Crippen molar-refractivity contribution in [2.24, 2.45) is 0 Å². The summed E-state index contributed by atoms with van der Waals surface area (Å²) in [4.78, 5) is 2.10. The molecule has 2 rings (SSSR count). The van der Waals surface area contributed by atoms with Gasteiger partial charge >= 0.3 is 0 Å². The van der Waals surface area contributed by atoms with E-state index in [4.69, 9.17) is 9.47 Å². The van der Waals surface area contributed by atoms with Crippen LogP contribution in [-0.2, 0) is 9.47 Å². The van der Waals surface area contributed by atoms with Crippen molar-refractivity contribution in [1.82, 2.24) is 4.90 Å². The molecule has 4 heteroatoms. The molecule has 2 fully saturated rings. The van der Waals surface area contributed by atoms with Crippen molar-refractivity contribution >= 4 is 0 Å². The first-order valence-corrected chi connectivity index (χ1v) is 6.28. The third kappa shape index (κ3) is 2.94. The van der Waals surface area contributed by atoms with E-state index >= 15 is 0 Å². The highest BCUT2D eigenvalue weighted by Crippen LogP contribution is 2.39. The summed E-state index contributed by atoms with van der Waals surface area (Å²) in [6.45, 7) is 4.03. The molecule has 2 unspecified atom stereocenters. The average molecular weight is 229 g/mol. The van der Waals surface area contributed by atoms with Crippen LogP contribution in [0, 0.1) is 0 Å². The molecule has 1 N–H and O–H groups in total. The molecule has 1 heterocycles. The average Bonchev–Trinajstić information content (AvgIpc) is 2.76. The minimum atomic E-state index is -0.284. The molecule has 1 saturated heterocycles. The minimum absolute atomic E-state index is 0.168. The lowest BCUT2D eigenvalue weighted by molar-refractivity contribution is -0.163. The second-order valence-electron chi connectivity index (χ2n) is 5.24. The van der Waals surface area contributed by atoms with Crippen LogP contribution >= 0.6 is 0 Å². The van der Waals surface area contributed by atoms with Gasteiger partial charge < -0.3 is 19.5 Å². The molecule has 4 nitrogen and oxygen atoms in total. The monoisotopic (exact) mass is 229 g/mol. The summed E-state index contributed by atoms with van der Waals surface area (Å²) < 4.78 is 11.8. The molecular formula is C12H23NO3. The Labute approximate surface area is 97.5 Å². The van der Waals surface area contributed by atoms with Crippen LogP contribution in [0.1, 0.15) is 32.6 Å². The molecular weight excluding hydrogens is 206 g/mol. The number of aliphatic hydroxyl groups is 1. The van der Waals surface area contributed by atoms with E-state index in [1.165, 1.54) is 12.8 Å². The maximum atomic E-state index is 9.29. The Balaban J connectivity index is 1.76. The van der Waals surface area contributed by atoms with Crippen LogP contribution in [0.15, 0.2) is 0 Å². The Kier molecular flexibility index (Phi) is 3.85. The summed E-state index contributed by atoms with van der Waals surface area (Å²) in [6, 6.07) is 0. The van der Waals surface area contributed by atoms with Gasteiger partial charge in [-0.25, -0.2) is 0 Å². The van der Waals surface area contributed by atoms with E-state index in [1.54, 1.807) is 6.92 Å². The highest BCUT2D eigenvalue weighted by Gasteiger charge is 2.43. The van der Waals surface area contributed by atoms with Gasteiger partial charge in [-0.15, -0.1) is 0 Å². The zero-order valence-corrected chi connectivity index (χ0v) is 10.3. The number of likely N-dealkylation sites (N-methyl/N-ethyl adjacent to an activating group) is 1. The molecule has 1 aliphatic carbocycles. The second kappa shape index (κ2) is 5.00. The topological polar surface area (TPSA) is 41.9 Å². The van der Waals surface area contributed by atoms with Gasteiger partial charge in [0.2, 0.25) is 0 Å². The van der Waals surface area contributed by atoms with E-state index in [9.17, 15) is 5.11 Å². The molecule has 0 radical (unpaired) electrons. The van der Waals surface area contributed by atoms with E-state index in [0.29, 0.717) is 13.2 Å². The third-order valence-electron chi connectivity index (χ3n) is 3.37. The number of aliphatic hydroxyl groups excluding tert-OH is 1. The first-order chi connectivity index (χ1) is 7.60. The molecule has 0 aromatic heterocycles. The molecule has 1 spiro atoms. The summed E-state index contributed by atoms with van der Waals surface area (Å²) in [7, 11) is 2.01. The molecule has 0 amide bonds. The van der Waals surface area contributed by atoms with Crippen LogP contribution in [0.25, 0.3) is 0 Å². The summed E-state index contributed by atoms with van der Waals surface area (Å²) >= 11 is 0. The molecule has 2 aliphatic rings. The lowest BCUT2D eigenvalue weighted by Gasteiger charge is -2.24. The van der Waals surface area contributed by atoms with E-state index in [2.05, 4.69) is 4.90 Å². The SMILES string of the molecule is CC(O)CN(C)CC1COC2(CCCC2)O1. The summed E-state index contributed by atoms with van der Waals surface area (Å²) in [5.41, 5.74) is 0. The summed E-state index contributed by atoms with van der Waals surface area (Å²) in [5, 5.41) is 9.29. The standard InChI is InChI=1S/C12H23NO3/c1-10(14)7-13(2)8-11-9-15-12(16-11)5-3-4-6-12/h10-11,14H,3-9H2,1-2H3. The number of hydrogen-bond acceptors (Lipinski definition) is 4. The van der Waals surface area contributed by atoms with Gasteiger partial charge in [0.15, 0.2) is 5.79 Å². The zero-order chi connectivity index (χ0) is 11.6. The molecule has 1 aliphatic heterocycles. The predicted molar refractivity (Wildman–Crippen MR) is 61.2 cm³/mol. The number of rotatable bonds is 4. The molecule has 16 heavy (non-hydrogen) atoms.